The molecule has 0 spiro atoms. The number of methoxy groups -OCH3 is 2. The Hall–Kier alpha value is -1.38. The topological polar surface area (TPSA) is 67.9 Å². The lowest BCUT2D eigenvalue weighted by atomic mass is 9.98. The van der Waals surface area contributed by atoms with Crippen molar-refractivity contribution >= 4 is 10.0 Å². The summed E-state index contributed by atoms with van der Waals surface area (Å²) in [5.41, 5.74) is 0. The predicted octanol–water partition coefficient (Wildman–Crippen LogP) is 1.46. The molecule has 0 atom stereocenters. The van der Waals surface area contributed by atoms with Crippen molar-refractivity contribution in [3.8, 4) is 11.5 Å². The Morgan fingerprint density at radius 3 is 2.30 bits per heavy atom. The first-order valence-corrected chi connectivity index (χ1v) is 8.94. The molecule has 1 aliphatic heterocycles. The highest BCUT2D eigenvalue weighted by atomic mass is 32.2. The van der Waals surface area contributed by atoms with Gasteiger partial charge in [0.25, 0.3) is 0 Å². The largest absolute Gasteiger partial charge is 0.493 e. The molecule has 1 aliphatic rings. The molecule has 23 heavy (non-hydrogen) atoms. The number of sulfonamides is 1. The second kappa shape index (κ2) is 7.46. The number of halogens is 1. The lowest BCUT2D eigenvalue weighted by Crippen LogP contribution is -2.40. The van der Waals surface area contributed by atoms with Crippen LogP contribution in [0.5, 0.6) is 11.5 Å². The third-order valence-corrected chi connectivity index (χ3v) is 6.04. The molecule has 0 amide bonds. The molecule has 1 heterocycles. The molecule has 1 aromatic rings. The van der Waals surface area contributed by atoms with E-state index < -0.39 is 15.8 Å². The number of nitrogens with zero attached hydrogens (tertiary/aromatic N) is 1. The van der Waals surface area contributed by atoms with E-state index in [2.05, 4.69) is 5.32 Å². The van der Waals surface area contributed by atoms with Crippen LogP contribution < -0.4 is 14.8 Å². The van der Waals surface area contributed by atoms with Gasteiger partial charge in [0.05, 0.1) is 14.2 Å². The molecule has 0 bridgehead atoms. The SMILES string of the molecule is CNCC1CCN(S(=O)(=O)c2cc(OC)c(OC)cc2F)CC1. The summed E-state index contributed by atoms with van der Waals surface area (Å²) in [6.45, 7) is 1.64. The second-order valence-electron chi connectivity index (χ2n) is 5.54. The van der Waals surface area contributed by atoms with Crippen molar-refractivity contribution in [1.29, 1.82) is 0 Å². The van der Waals surface area contributed by atoms with E-state index >= 15 is 0 Å². The summed E-state index contributed by atoms with van der Waals surface area (Å²) in [6, 6.07) is 2.22. The van der Waals surface area contributed by atoms with Gasteiger partial charge in [0.15, 0.2) is 11.5 Å². The molecule has 1 saturated heterocycles. The summed E-state index contributed by atoms with van der Waals surface area (Å²) in [5, 5.41) is 3.10. The average molecular weight is 346 g/mol. The van der Waals surface area contributed by atoms with Crippen LogP contribution in [0.4, 0.5) is 4.39 Å². The average Bonchev–Trinajstić information content (AvgIpc) is 2.55. The maximum Gasteiger partial charge on any atom is 0.246 e. The van der Waals surface area contributed by atoms with Gasteiger partial charge < -0.3 is 14.8 Å². The van der Waals surface area contributed by atoms with Gasteiger partial charge in [-0.25, -0.2) is 12.8 Å². The van der Waals surface area contributed by atoms with Crippen LogP contribution in [0.25, 0.3) is 0 Å². The Labute approximate surface area is 136 Å². The lowest BCUT2D eigenvalue weighted by molar-refractivity contribution is 0.270. The zero-order valence-corrected chi connectivity index (χ0v) is 14.5. The molecule has 1 N–H and O–H groups in total. The van der Waals surface area contributed by atoms with Crippen LogP contribution in [0.1, 0.15) is 12.8 Å². The molecule has 1 fully saturated rings. The zero-order chi connectivity index (χ0) is 17.0. The van der Waals surface area contributed by atoms with Crippen LogP contribution in [-0.4, -0.2) is 53.6 Å². The summed E-state index contributed by atoms with van der Waals surface area (Å²) in [6.07, 6.45) is 1.52. The fraction of sp³-hybridized carbons (Fsp3) is 0.600. The Morgan fingerprint density at radius 2 is 1.78 bits per heavy atom. The fourth-order valence-electron chi connectivity index (χ4n) is 2.81. The molecular formula is C15H23FN2O4S. The number of nitrogens with one attached hydrogen (secondary N) is 1. The third-order valence-electron chi connectivity index (χ3n) is 4.12. The standard InChI is InChI=1S/C15H23FN2O4S/c1-17-10-11-4-6-18(7-5-11)23(19,20)15-9-14(22-3)13(21-2)8-12(15)16/h8-9,11,17H,4-7,10H2,1-3H3. The van der Waals surface area contributed by atoms with Gasteiger partial charge in [-0.1, -0.05) is 0 Å². The van der Waals surface area contributed by atoms with Gasteiger partial charge in [0.1, 0.15) is 10.7 Å². The number of ether oxygens (including phenoxy) is 2. The molecule has 6 nitrogen and oxygen atoms in total. The molecule has 0 saturated carbocycles. The van der Waals surface area contributed by atoms with Crippen molar-refractivity contribution in [2.45, 2.75) is 17.7 Å². The van der Waals surface area contributed by atoms with Gasteiger partial charge in [0, 0.05) is 25.2 Å². The van der Waals surface area contributed by atoms with Crippen molar-refractivity contribution in [2.24, 2.45) is 5.92 Å². The number of piperidine rings is 1. The molecule has 0 aromatic heterocycles. The number of rotatable bonds is 6. The van der Waals surface area contributed by atoms with Crippen LogP contribution in [0.3, 0.4) is 0 Å². The zero-order valence-electron chi connectivity index (χ0n) is 13.6. The highest BCUT2D eigenvalue weighted by Gasteiger charge is 2.32. The first kappa shape index (κ1) is 18.0. The van der Waals surface area contributed by atoms with Crippen molar-refractivity contribution in [3.05, 3.63) is 17.9 Å². The van der Waals surface area contributed by atoms with Gasteiger partial charge in [0.2, 0.25) is 10.0 Å². The highest BCUT2D eigenvalue weighted by Crippen LogP contribution is 2.34. The minimum Gasteiger partial charge on any atom is -0.493 e. The Bertz CT molecular complexity index is 643. The van der Waals surface area contributed by atoms with Crippen LogP contribution in [-0.2, 0) is 10.0 Å². The summed E-state index contributed by atoms with van der Waals surface area (Å²) in [5.74, 6) is -0.0316. The minimum atomic E-state index is -3.89. The van der Waals surface area contributed by atoms with Crippen LogP contribution >= 0.6 is 0 Å². The van der Waals surface area contributed by atoms with Crippen LogP contribution in [0, 0.1) is 11.7 Å². The molecule has 0 aliphatic carbocycles. The van der Waals surface area contributed by atoms with E-state index in [-0.39, 0.29) is 16.4 Å². The smallest absolute Gasteiger partial charge is 0.246 e. The van der Waals surface area contributed by atoms with Gasteiger partial charge in [-0.3, -0.25) is 0 Å². The van der Waals surface area contributed by atoms with Crippen molar-refractivity contribution in [3.63, 3.8) is 0 Å². The first-order chi connectivity index (χ1) is 10.9. The summed E-state index contributed by atoms with van der Waals surface area (Å²) >= 11 is 0. The van der Waals surface area contributed by atoms with Crippen molar-refractivity contribution < 1.29 is 22.3 Å². The van der Waals surface area contributed by atoms with E-state index in [0.717, 1.165) is 25.5 Å². The van der Waals surface area contributed by atoms with E-state index in [0.29, 0.717) is 19.0 Å². The maximum atomic E-state index is 14.3. The second-order valence-corrected chi connectivity index (χ2v) is 7.45. The molecule has 0 unspecified atom stereocenters. The lowest BCUT2D eigenvalue weighted by Gasteiger charge is -2.31. The summed E-state index contributed by atoms with van der Waals surface area (Å²) < 4.78 is 51.1. The Morgan fingerprint density at radius 1 is 1.22 bits per heavy atom. The normalized spacial score (nSPS) is 17.2. The Balaban J connectivity index is 2.27. The third kappa shape index (κ3) is 3.76. The van der Waals surface area contributed by atoms with E-state index in [1.807, 2.05) is 7.05 Å². The van der Waals surface area contributed by atoms with Crippen molar-refractivity contribution in [2.75, 3.05) is 40.9 Å². The number of benzene rings is 1. The highest BCUT2D eigenvalue weighted by molar-refractivity contribution is 7.89. The van der Waals surface area contributed by atoms with E-state index in [1.165, 1.54) is 24.6 Å². The number of hydrogen-bond acceptors (Lipinski definition) is 5. The van der Waals surface area contributed by atoms with E-state index in [9.17, 15) is 12.8 Å². The van der Waals surface area contributed by atoms with Gasteiger partial charge >= 0.3 is 0 Å². The van der Waals surface area contributed by atoms with Crippen LogP contribution in [0.2, 0.25) is 0 Å². The number of hydrogen-bond donors (Lipinski definition) is 1. The maximum absolute atomic E-state index is 14.3. The predicted molar refractivity (Wildman–Crippen MR) is 84.9 cm³/mol. The molecule has 1 aromatic carbocycles. The van der Waals surface area contributed by atoms with E-state index in [4.69, 9.17) is 9.47 Å². The quantitative estimate of drug-likeness (QED) is 0.845. The van der Waals surface area contributed by atoms with Crippen molar-refractivity contribution in [1.82, 2.24) is 9.62 Å². The monoisotopic (exact) mass is 346 g/mol. The fourth-order valence-corrected chi connectivity index (χ4v) is 4.35. The summed E-state index contributed by atoms with van der Waals surface area (Å²) in [4.78, 5) is -0.373. The molecule has 8 heteroatoms. The first-order valence-electron chi connectivity index (χ1n) is 7.50. The molecule has 130 valence electrons. The van der Waals surface area contributed by atoms with E-state index in [1.54, 1.807) is 0 Å². The Kier molecular flexibility index (Phi) is 5.83. The van der Waals surface area contributed by atoms with Gasteiger partial charge in [-0.2, -0.15) is 4.31 Å². The van der Waals surface area contributed by atoms with Gasteiger partial charge in [-0.05, 0) is 32.4 Å². The van der Waals surface area contributed by atoms with Crippen LogP contribution in [0.15, 0.2) is 17.0 Å². The minimum absolute atomic E-state index is 0.164. The molecule has 2 rings (SSSR count). The molecular weight excluding hydrogens is 323 g/mol. The summed E-state index contributed by atoms with van der Waals surface area (Å²) in [7, 11) is 0.748. The molecule has 0 radical (unpaired) electrons. The van der Waals surface area contributed by atoms with Gasteiger partial charge in [-0.15, -0.1) is 0 Å².